The van der Waals surface area contributed by atoms with E-state index in [1.165, 1.54) is 0 Å². The van der Waals surface area contributed by atoms with Crippen LogP contribution in [0.5, 0.6) is 0 Å². The predicted molar refractivity (Wildman–Crippen MR) is 128 cm³/mol. The zero-order valence-corrected chi connectivity index (χ0v) is 18.0. The van der Waals surface area contributed by atoms with E-state index in [9.17, 15) is 0 Å². The predicted octanol–water partition coefficient (Wildman–Crippen LogP) is 7.58. The summed E-state index contributed by atoms with van der Waals surface area (Å²) < 4.78 is 0. The first-order chi connectivity index (χ1) is 14.1. The van der Waals surface area contributed by atoms with E-state index in [0.29, 0.717) is 12.1 Å². The highest BCUT2D eigenvalue weighted by molar-refractivity contribution is 5.78. The lowest BCUT2D eigenvalue weighted by Gasteiger charge is -2.26. The maximum absolute atomic E-state index is 3.54. The summed E-state index contributed by atoms with van der Waals surface area (Å²) in [5, 5.41) is 7.08. The summed E-state index contributed by atoms with van der Waals surface area (Å²) in [6, 6.07) is 28.8. The quantitative estimate of drug-likeness (QED) is 0.396. The highest BCUT2D eigenvalue weighted by Crippen LogP contribution is 2.35. The molecule has 3 aromatic rings. The van der Waals surface area contributed by atoms with Crippen molar-refractivity contribution in [3.8, 4) is 0 Å². The molecule has 0 saturated heterocycles. The lowest BCUT2D eigenvalue weighted by atomic mass is 10.1. The van der Waals surface area contributed by atoms with Crippen LogP contribution in [0.2, 0.25) is 0 Å². The minimum Gasteiger partial charge on any atom is -0.383 e. The van der Waals surface area contributed by atoms with Gasteiger partial charge in [-0.1, -0.05) is 32.0 Å². The lowest BCUT2D eigenvalue weighted by molar-refractivity contribution is 0.764. The lowest BCUT2D eigenvalue weighted by Crippen LogP contribution is -2.14. The summed E-state index contributed by atoms with van der Waals surface area (Å²) in [4.78, 5) is 2.29. The Balaban J connectivity index is 1.90. The van der Waals surface area contributed by atoms with Crippen LogP contribution in [0.15, 0.2) is 78.9 Å². The molecule has 0 aliphatic rings. The molecular formula is C26H33N3. The van der Waals surface area contributed by atoms with Crippen molar-refractivity contribution in [1.82, 2.24) is 0 Å². The molecule has 0 aliphatic carbocycles. The second-order valence-corrected chi connectivity index (χ2v) is 7.67. The van der Waals surface area contributed by atoms with E-state index >= 15 is 0 Å². The molecule has 0 spiro atoms. The average molecular weight is 388 g/mol. The molecule has 0 aliphatic heterocycles. The van der Waals surface area contributed by atoms with Crippen molar-refractivity contribution < 1.29 is 0 Å². The van der Waals surface area contributed by atoms with Crippen molar-refractivity contribution in [2.24, 2.45) is 0 Å². The van der Waals surface area contributed by atoms with E-state index in [2.05, 4.69) is 122 Å². The van der Waals surface area contributed by atoms with Gasteiger partial charge in [0.15, 0.2) is 0 Å². The molecule has 0 radical (unpaired) electrons. The first-order valence-electron chi connectivity index (χ1n) is 10.7. The second kappa shape index (κ2) is 10.0. The van der Waals surface area contributed by atoms with Gasteiger partial charge in [0.25, 0.3) is 0 Å². The summed E-state index contributed by atoms with van der Waals surface area (Å²) in [7, 11) is 0. The fourth-order valence-corrected chi connectivity index (χ4v) is 3.21. The molecule has 3 rings (SSSR count). The van der Waals surface area contributed by atoms with Crippen LogP contribution >= 0.6 is 0 Å². The fraction of sp³-hybridized carbons (Fsp3) is 0.308. The Hall–Kier alpha value is -2.94. The van der Waals surface area contributed by atoms with Crippen LogP contribution in [0.25, 0.3) is 0 Å². The Morgan fingerprint density at radius 2 is 0.966 bits per heavy atom. The van der Waals surface area contributed by atoms with Gasteiger partial charge in [-0.2, -0.15) is 0 Å². The van der Waals surface area contributed by atoms with Gasteiger partial charge in [-0.05, 0) is 87.4 Å². The van der Waals surface area contributed by atoms with E-state index in [1.54, 1.807) is 0 Å². The molecule has 29 heavy (non-hydrogen) atoms. The molecule has 152 valence electrons. The van der Waals surface area contributed by atoms with Crippen LogP contribution in [0.4, 0.5) is 28.4 Å². The van der Waals surface area contributed by atoms with Crippen LogP contribution in [-0.2, 0) is 0 Å². The van der Waals surface area contributed by atoms with E-state index < -0.39 is 0 Å². The fourth-order valence-electron chi connectivity index (χ4n) is 3.21. The Labute approximate surface area is 175 Å². The standard InChI is InChI=1S/C26H33N3/c1-5-20(3)27-22-12-16-25(17-13-22)29(24-10-8-7-9-11-24)26-18-14-23(15-19-26)28-21(4)6-2/h7-21,27-28H,5-6H2,1-4H3. The van der Waals surface area contributed by atoms with Gasteiger partial charge in [-0.25, -0.2) is 0 Å². The smallest absolute Gasteiger partial charge is 0.0463 e. The van der Waals surface area contributed by atoms with Gasteiger partial charge in [0.1, 0.15) is 0 Å². The Morgan fingerprint density at radius 3 is 1.34 bits per heavy atom. The molecule has 0 amide bonds. The number of nitrogens with one attached hydrogen (secondary N) is 2. The van der Waals surface area contributed by atoms with Crippen molar-refractivity contribution in [1.29, 1.82) is 0 Å². The maximum Gasteiger partial charge on any atom is 0.0463 e. The van der Waals surface area contributed by atoms with Crippen LogP contribution in [0, 0.1) is 0 Å². The number of benzene rings is 3. The van der Waals surface area contributed by atoms with Crippen LogP contribution in [-0.4, -0.2) is 12.1 Å². The molecule has 0 bridgehead atoms. The third kappa shape index (κ3) is 5.54. The summed E-state index contributed by atoms with van der Waals surface area (Å²) in [5.41, 5.74) is 5.76. The molecule has 3 heteroatoms. The molecule has 0 saturated carbocycles. The van der Waals surface area contributed by atoms with Crippen molar-refractivity contribution in [2.75, 3.05) is 15.5 Å². The Kier molecular flexibility index (Phi) is 7.18. The number of hydrogen-bond donors (Lipinski definition) is 2. The van der Waals surface area contributed by atoms with Crippen LogP contribution in [0.3, 0.4) is 0 Å². The minimum atomic E-state index is 0.469. The number of nitrogens with zero attached hydrogens (tertiary/aromatic N) is 1. The zero-order valence-electron chi connectivity index (χ0n) is 18.0. The Bertz CT molecular complexity index is 801. The SMILES string of the molecule is CCC(C)Nc1ccc(N(c2ccccc2)c2ccc(NC(C)CC)cc2)cc1. The molecular weight excluding hydrogens is 354 g/mol. The molecule has 0 heterocycles. The van der Waals surface area contributed by atoms with Crippen LogP contribution in [0.1, 0.15) is 40.5 Å². The second-order valence-electron chi connectivity index (χ2n) is 7.67. The average Bonchev–Trinajstić information content (AvgIpc) is 2.77. The molecule has 3 aromatic carbocycles. The van der Waals surface area contributed by atoms with E-state index in [4.69, 9.17) is 0 Å². The van der Waals surface area contributed by atoms with Gasteiger partial charge < -0.3 is 15.5 Å². The highest BCUT2D eigenvalue weighted by atomic mass is 15.1. The molecule has 2 atom stereocenters. The molecule has 3 nitrogen and oxygen atoms in total. The normalized spacial score (nSPS) is 12.8. The van der Waals surface area contributed by atoms with Crippen molar-refractivity contribution >= 4 is 28.4 Å². The summed E-state index contributed by atoms with van der Waals surface area (Å²) in [6.07, 6.45) is 2.21. The first-order valence-corrected chi connectivity index (χ1v) is 10.7. The van der Waals surface area contributed by atoms with Crippen LogP contribution < -0.4 is 15.5 Å². The largest absolute Gasteiger partial charge is 0.383 e. The van der Waals surface area contributed by atoms with E-state index in [-0.39, 0.29) is 0 Å². The topological polar surface area (TPSA) is 27.3 Å². The first kappa shape index (κ1) is 20.8. The van der Waals surface area contributed by atoms with Gasteiger partial charge in [0.05, 0.1) is 0 Å². The number of hydrogen-bond acceptors (Lipinski definition) is 3. The van der Waals surface area contributed by atoms with E-state index in [0.717, 1.165) is 41.3 Å². The third-order valence-electron chi connectivity index (χ3n) is 5.32. The van der Waals surface area contributed by atoms with Gasteiger partial charge in [0, 0.05) is 40.5 Å². The van der Waals surface area contributed by atoms with Crippen molar-refractivity contribution in [3.05, 3.63) is 78.9 Å². The summed E-state index contributed by atoms with van der Waals surface area (Å²) >= 11 is 0. The molecule has 2 unspecified atom stereocenters. The van der Waals surface area contributed by atoms with Gasteiger partial charge >= 0.3 is 0 Å². The number of anilines is 5. The molecule has 0 fully saturated rings. The maximum atomic E-state index is 3.54. The minimum absolute atomic E-state index is 0.469. The van der Waals surface area contributed by atoms with Crippen molar-refractivity contribution in [3.63, 3.8) is 0 Å². The summed E-state index contributed by atoms with van der Waals surface area (Å²) in [6.45, 7) is 8.81. The monoisotopic (exact) mass is 387 g/mol. The van der Waals surface area contributed by atoms with Gasteiger partial charge in [-0.15, -0.1) is 0 Å². The van der Waals surface area contributed by atoms with Gasteiger partial charge in [-0.3, -0.25) is 0 Å². The van der Waals surface area contributed by atoms with Crippen molar-refractivity contribution in [2.45, 2.75) is 52.6 Å². The molecule has 0 aromatic heterocycles. The molecule has 2 N–H and O–H groups in total. The highest BCUT2D eigenvalue weighted by Gasteiger charge is 2.12. The zero-order chi connectivity index (χ0) is 20.6. The third-order valence-corrected chi connectivity index (χ3v) is 5.32. The van der Waals surface area contributed by atoms with Gasteiger partial charge in [0.2, 0.25) is 0 Å². The van der Waals surface area contributed by atoms with E-state index in [1.807, 2.05) is 0 Å². The summed E-state index contributed by atoms with van der Waals surface area (Å²) in [5.74, 6) is 0. The number of para-hydroxylation sites is 1. The number of rotatable bonds is 9. The Morgan fingerprint density at radius 1 is 0.586 bits per heavy atom.